The van der Waals surface area contributed by atoms with E-state index in [-0.39, 0.29) is 12.4 Å². The van der Waals surface area contributed by atoms with Crippen LogP contribution in [0.3, 0.4) is 0 Å². The zero-order valence-electron chi connectivity index (χ0n) is 15.5. The molecule has 0 aliphatic heterocycles. The van der Waals surface area contributed by atoms with E-state index in [1.54, 1.807) is 0 Å². The van der Waals surface area contributed by atoms with Gasteiger partial charge in [-0.3, -0.25) is 0 Å². The quantitative estimate of drug-likeness (QED) is 0.410. The molecule has 0 atom stereocenters. The maximum atomic E-state index is 3.79. The molecular formula is C18H42ClNS. The lowest BCUT2D eigenvalue weighted by Crippen LogP contribution is -3.00. The van der Waals surface area contributed by atoms with Gasteiger partial charge in [0.25, 0.3) is 0 Å². The van der Waals surface area contributed by atoms with E-state index in [2.05, 4.69) is 40.3 Å². The van der Waals surface area contributed by atoms with Crippen molar-refractivity contribution in [2.24, 2.45) is 0 Å². The van der Waals surface area contributed by atoms with E-state index in [1.807, 2.05) is 6.92 Å². The molecular weight excluding hydrogens is 298 g/mol. The lowest BCUT2D eigenvalue weighted by Gasteiger charge is -2.39. The SMILES string of the molecule is CCCC[N+](CCCC)(CCCC)CCCC.CCS.[Cl-]. The lowest BCUT2D eigenvalue weighted by molar-refractivity contribution is -0.929. The van der Waals surface area contributed by atoms with Crippen molar-refractivity contribution in [3.05, 3.63) is 0 Å². The van der Waals surface area contributed by atoms with Crippen molar-refractivity contribution in [1.29, 1.82) is 0 Å². The average molecular weight is 340 g/mol. The average Bonchev–Trinajstić information content (AvgIpc) is 2.46. The third-order valence-corrected chi connectivity index (χ3v) is 3.94. The highest BCUT2D eigenvalue weighted by molar-refractivity contribution is 7.80. The highest BCUT2D eigenvalue weighted by Crippen LogP contribution is 2.16. The number of rotatable bonds is 12. The maximum absolute atomic E-state index is 3.79. The number of quaternary nitrogens is 1. The van der Waals surface area contributed by atoms with Gasteiger partial charge in [-0.25, -0.2) is 0 Å². The number of hydrogen-bond donors (Lipinski definition) is 1. The van der Waals surface area contributed by atoms with Crippen LogP contribution < -0.4 is 12.4 Å². The van der Waals surface area contributed by atoms with Crippen LogP contribution in [-0.2, 0) is 0 Å². The van der Waals surface area contributed by atoms with Crippen molar-refractivity contribution in [1.82, 2.24) is 0 Å². The third kappa shape index (κ3) is 16.8. The van der Waals surface area contributed by atoms with Gasteiger partial charge in [0.2, 0.25) is 0 Å². The molecule has 132 valence electrons. The zero-order chi connectivity index (χ0) is 15.7. The molecule has 0 heterocycles. The van der Waals surface area contributed by atoms with Crippen LogP contribution in [0.25, 0.3) is 0 Å². The van der Waals surface area contributed by atoms with Gasteiger partial charge in [-0.1, -0.05) is 60.3 Å². The summed E-state index contributed by atoms with van der Waals surface area (Å²) in [6.45, 7) is 17.0. The van der Waals surface area contributed by atoms with E-state index in [0.29, 0.717) is 0 Å². The summed E-state index contributed by atoms with van der Waals surface area (Å²) in [6.07, 6.45) is 11.1. The van der Waals surface area contributed by atoms with Gasteiger partial charge >= 0.3 is 0 Å². The summed E-state index contributed by atoms with van der Waals surface area (Å²) in [6, 6.07) is 0. The van der Waals surface area contributed by atoms with E-state index in [4.69, 9.17) is 0 Å². The minimum atomic E-state index is 0. The second kappa shape index (κ2) is 20.6. The number of hydrogen-bond acceptors (Lipinski definition) is 1. The Labute approximate surface area is 147 Å². The van der Waals surface area contributed by atoms with Crippen molar-refractivity contribution in [2.75, 3.05) is 31.9 Å². The van der Waals surface area contributed by atoms with Crippen molar-refractivity contribution in [2.45, 2.75) is 86.0 Å². The molecule has 0 N–H and O–H groups in total. The highest BCUT2D eigenvalue weighted by atomic mass is 35.5. The summed E-state index contributed by atoms with van der Waals surface area (Å²) >= 11 is 3.79. The normalized spacial score (nSPS) is 10.6. The highest BCUT2D eigenvalue weighted by Gasteiger charge is 2.24. The van der Waals surface area contributed by atoms with E-state index >= 15 is 0 Å². The van der Waals surface area contributed by atoms with Crippen LogP contribution in [-0.4, -0.2) is 36.4 Å². The fourth-order valence-corrected chi connectivity index (χ4v) is 2.64. The molecule has 0 fully saturated rings. The first-order valence-corrected chi connectivity index (χ1v) is 9.75. The second-order valence-electron chi connectivity index (χ2n) is 5.97. The van der Waals surface area contributed by atoms with Gasteiger partial charge in [0.05, 0.1) is 26.2 Å². The molecule has 0 aliphatic carbocycles. The van der Waals surface area contributed by atoms with Crippen molar-refractivity contribution >= 4 is 12.6 Å². The molecule has 0 saturated heterocycles. The van der Waals surface area contributed by atoms with E-state index < -0.39 is 0 Å². The first-order valence-electron chi connectivity index (χ1n) is 9.12. The van der Waals surface area contributed by atoms with Crippen molar-refractivity contribution < 1.29 is 16.9 Å². The smallest absolute Gasteiger partial charge is 0.0786 e. The summed E-state index contributed by atoms with van der Waals surface area (Å²) in [5, 5.41) is 0. The Morgan fingerprint density at radius 1 is 0.571 bits per heavy atom. The number of thiol groups is 1. The van der Waals surface area contributed by atoms with Gasteiger partial charge < -0.3 is 16.9 Å². The van der Waals surface area contributed by atoms with Crippen molar-refractivity contribution in [3.63, 3.8) is 0 Å². The first-order chi connectivity index (χ1) is 9.66. The molecule has 0 spiro atoms. The predicted molar refractivity (Wildman–Crippen MR) is 98.9 cm³/mol. The van der Waals surface area contributed by atoms with E-state index in [0.717, 1.165) is 5.75 Å². The zero-order valence-corrected chi connectivity index (χ0v) is 17.1. The summed E-state index contributed by atoms with van der Waals surface area (Å²) < 4.78 is 1.42. The molecule has 3 heteroatoms. The Kier molecular flexibility index (Phi) is 26.0. The summed E-state index contributed by atoms with van der Waals surface area (Å²) in [5.74, 6) is 0.944. The van der Waals surface area contributed by atoms with Crippen LogP contribution >= 0.6 is 12.6 Å². The molecule has 0 aromatic carbocycles. The van der Waals surface area contributed by atoms with Crippen molar-refractivity contribution in [3.8, 4) is 0 Å². The van der Waals surface area contributed by atoms with Crippen LogP contribution in [0.4, 0.5) is 0 Å². The largest absolute Gasteiger partial charge is 1.00 e. The standard InChI is InChI=1S/C16H36N.C2H6S.ClH/c1-5-9-13-17(14-10-6-2,15-11-7-3)16-12-8-4;1-2-3;/h5-16H2,1-4H3;3H,2H2,1H3;1H/q+1;;/p-1. The topological polar surface area (TPSA) is 0 Å². The van der Waals surface area contributed by atoms with Crippen LogP contribution in [0.2, 0.25) is 0 Å². The Bertz CT molecular complexity index is 139. The summed E-state index contributed by atoms with van der Waals surface area (Å²) in [4.78, 5) is 0. The third-order valence-electron chi connectivity index (χ3n) is 3.94. The summed E-state index contributed by atoms with van der Waals surface area (Å²) in [7, 11) is 0. The molecule has 0 bridgehead atoms. The van der Waals surface area contributed by atoms with Gasteiger partial charge in [-0.15, -0.1) is 0 Å². The fourth-order valence-electron chi connectivity index (χ4n) is 2.64. The van der Waals surface area contributed by atoms with Crippen LogP contribution in [0.1, 0.15) is 86.0 Å². The number of halogens is 1. The van der Waals surface area contributed by atoms with Gasteiger partial charge in [0.15, 0.2) is 0 Å². The van der Waals surface area contributed by atoms with E-state index in [1.165, 1.54) is 82.0 Å². The van der Waals surface area contributed by atoms with Gasteiger partial charge in [0, 0.05) is 0 Å². The molecule has 0 aliphatic rings. The molecule has 0 unspecified atom stereocenters. The fraction of sp³-hybridized carbons (Fsp3) is 1.00. The molecule has 1 nitrogen and oxygen atoms in total. The Morgan fingerprint density at radius 2 is 0.762 bits per heavy atom. The molecule has 0 aromatic rings. The van der Waals surface area contributed by atoms with Gasteiger partial charge in [-0.2, -0.15) is 12.6 Å². The predicted octanol–water partition coefficient (Wildman–Crippen LogP) is 2.94. The first kappa shape index (κ1) is 26.5. The second-order valence-corrected chi connectivity index (χ2v) is 6.60. The Hall–Kier alpha value is 0.600. The molecule has 0 rings (SSSR count). The minimum absolute atomic E-state index is 0. The molecule has 0 saturated carbocycles. The van der Waals surface area contributed by atoms with Crippen LogP contribution in [0, 0.1) is 0 Å². The Morgan fingerprint density at radius 3 is 0.905 bits per heavy atom. The maximum Gasteiger partial charge on any atom is 0.0786 e. The van der Waals surface area contributed by atoms with Crippen LogP contribution in [0.15, 0.2) is 0 Å². The van der Waals surface area contributed by atoms with E-state index in [9.17, 15) is 0 Å². The molecule has 21 heavy (non-hydrogen) atoms. The molecule has 0 radical (unpaired) electrons. The minimum Gasteiger partial charge on any atom is -1.00 e. The number of unbranched alkanes of at least 4 members (excludes halogenated alkanes) is 4. The summed E-state index contributed by atoms with van der Waals surface area (Å²) in [5.41, 5.74) is 0. The molecule has 0 aromatic heterocycles. The molecule has 0 amide bonds. The van der Waals surface area contributed by atoms with Gasteiger partial charge in [-0.05, 0) is 31.4 Å². The lowest BCUT2D eigenvalue weighted by atomic mass is 10.1. The Balaban J connectivity index is -0.000000740. The monoisotopic (exact) mass is 339 g/mol. The number of nitrogens with zero attached hydrogens (tertiary/aromatic N) is 1. The van der Waals surface area contributed by atoms with Gasteiger partial charge in [0.1, 0.15) is 0 Å². The van der Waals surface area contributed by atoms with Crippen LogP contribution in [0.5, 0.6) is 0 Å².